The second kappa shape index (κ2) is 5.07. The second-order valence-electron chi connectivity index (χ2n) is 5.73. The SMILES string of the molecule is Cc1ccc(F)cc1C(=O)Nc1ccn(C(C)(C)C)n1. The van der Waals surface area contributed by atoms with Crippen molar-refractivity contribution in [3.63, 3.8) is 0 Å². The van der Waals surface area contributed by atoms with Gasteiger partial charge in [0.1, 0.15) is 5.82 Å². The van der Waals surface area contributed by atoms with Crippen LogP contribution in [0.5, 0.6) is 0 Å². The normalized spacial score (nSPS) is 11.4. The predicted molar refractivity (Wildman–Crippen MR) is 76.3 cm³/mol. The molecule has 0 unspecified atom stereocenters. The number of rotatable bonds is 2. The van der Waals surface area contributed by atoms with Crippen LogP contribution in [0.1, 0.15) is 36.7 Å². The third kappa shape index (κ3) is 3.04. The number of nitrogens with one attached hydrogen (secondary N) is 1. The van der Waals surface area contributed by atoms with Crippen molar-refractivity contribution >= 4 is 11.7 Å². The first kappa shape index (κ1) is 14.2. The fraction of sp³-hybridized carbons (Fsp3) is 0.333. The number of halogens is 1. The highest BCUT2D eigenvalue weighted by Gasteiger charge is 2.16. The van der Waals surface area contributed by atoms with E-state index in [4.69, 9.17) is 0 Å². The van der Waals surface area contributed by atoms with Crippen molar-refractivity contribution in [3.05, 3.63) is 47.4 Å². The van der Waals surface area contributed by atoms with Gasteiger partial charge in [-0.1, -0.05) is 6.07 Å². The van der Waals surface area contributed by atoms with Gasteiger partial charge in [-0.15, -0.1) is 0 Å². The molecule has 0 saturated carbocycles. The Morgan fingerprint density at radius 3 is 2.60 bits per heavy atom. The van der Waals surface area contributed by atoms with Gasteiger partial charge in [0.05, 0.1) is 5.54 Å². The van der Waals surface area contributed by atoms with Gasteiger partial charge in [0.25, 0.3) is 5.91 Å². The van der Waals surface area contributed by atoms with Crippen molar-refractivity contribution in [2.45, 2.75) is 33.2 Å². The molecule has 0 aliphatic carbocycles. The molecule has 0 radical (unpaired) electrons. The maximum absolute atomic E-state index is 13.2. The summed E-state index contributed by atoms with van der Waals surface area (Å²) in [4.78, 5) is 12.1. The van der Waals surface area contributed by atoms with Gasteiger partial charge in [0, 0.05) is 17.8 Å². The first-order valence-corrected chi connectivity index (χ1v) is 6.41. The Hall–Kier alpha value is -2.17. The summed E-state index contributed by atoms with van der Waals surface area (Å²) in [6.07, 6.45) is 1.80. The van der Waals surface area contributed by atoms with Gasteiger partial charge in [0.15, 0.2) is 5.82 Å². The molecule has 1 aromatic heterocycles. The van der Waals surface area contributed by atoms with Crippen molar-refractivity contribution in [2.24, 2.45) is 0 Å². The van der Waals surface area contributed by atoms with Gasteiger partial charge in [0.2, 0.25) is 0 Å². The van der Waals surface area contributed by atoms with Gasteiger partial charge < -0.3 is 5.32 Å². The van der Waals surface area contributed by atoms with Crippen LogP contribution in [0.25, 0.3) is 0 Å². The number of aromatic nitrogens is 2. The van der Waals surface area contributed by atoms with E-state index in [1.165, 1.54) is 12.1 Å². The quantitative estimate of drug-likeness (QED) is 0.913. The molecule has 1 amide bonds. The Bertz CT molecular complexity index is 641. The van der Waals surface area contributed by atoms with Crippen LogP contribution in [0.15, 0.2) is 30.5 Å². The molecule has 4 nitrogen and oxygen atoms in total. The molecule has 0 aliphatic heterocycles. The van der Waals surface area contributed by atoms with E-state index in [-0.39, 0.29) is 11.4 Å². The molecule has 0 fully saturated rings. The first-order valence-electron chi connectivity index (χ1n) is 6.41. The van der Waals surface area contributed by atoms with E-state index in [9.17, 15) is 9.18 Å². The molecular formula is C15H18FN3O. The van der Waals surface area contributed by atoms with Gasteiger partial charge >= 0.3 is 0 Å². The molecule has 0 bridgehead atoms. The topological polar surface area (TPSA) is 46.9 Å². The first-order chi connectivity index (χ1) is 9.27. The number of benzene rings is 1. The molecule has 2 rings (SSSR count). The van der Waals surface area contributed by atoms with Crippen molar-refractivity contribution in [1.82, 2.24) is 9.78 Å². The largest absolute Gasteiger partial charge is 0.305 e. The van der Waals surface area contributed by atoms with E-state index in [2.05, 4.69) is 10.4 Å². The summed E-state index contributed by atoms with van der Waals surface area (Å²) in [6.45, 7) is 7.81. The lowest BCUT2D eigenvalue weighted by molar-refractivity contribution is 0.102. The minimum absolute atomic E-state index is 0.155. The fourth-order valence-corrected chi connectivity index (χ4v) is 1.79. The molecule has 0 atom stereocenters. The van der Waals surface area contributed by atoms with Crippen LogP contribution in [-0.4, -0.2) is 15.7 Å². The molecule has 0 spiro atoms. The Morgan fingerprint density at radius 2 is 2.00 bits per heavy atom. The zero-order valence-corrected chi connectivity index (χ0v) is 12.1. The zero-order valence-electron chi connectivity index (χ0n) is 12.1. The number of hydrogen-bond acceptors (Lipinski definition) is 2. The van der Waals surface area contributed by atoms with E-state index < -0.39 is 5.82 Å². The van der Waals surface area contributed by atoms with Crippen molar-refractivity contribution < 1.29 is 9.18 Å². The standard InChI is InChI=1S/C15H18FN3O/c1-10-5-6-11(16)9-12(10)14(20)17-13-7-8-19(18-13)15(2,3)4/h5-9H,1-4H3,(H,17,18,20). The lowest BCUT2D eigenvalue weighted by Crippen LogP contribution is -2.22. The van der Waals surface area contributed by atoms with E-state index in [0.717, 1.165) is 5.56 Å². The number of aryl methyl sites for hydroxylation is 1. The number of carbonyl (C=O) groups is 1. The average molecular weight is 275 g/mol. The molecular weight excluding hydrogens is 257 g/mol. The number of hydrogen-bond donors (Lipinski definition) is 1. The molecule has 1 N–H and O–H groups in total. The summed E-state index contributed by atoms with van der Waals surface area (Å²) in [6, 6.07) is 5.86. The van der Waals surface area contributed by atoms with Gasteiger partial charge in [-0.3, -0.25) is 9.48 Å². The van der Waals surface area contributed by atoms with Crippen molar-refractivity contribution in [1.29, 1.82) is 0 Å². The number of anilines is 1. The van der Waals surface area contributed by atoms with Gasteiger partial charge in [-0.05, 0) is 45.4 Å². The van der Waals surface area contributed by atoms with Crippen LogP contribution in [0.2, 0.25) is 0 Å². The van der Waals surface area contributed by atoms with Crippen LogP contribution in [-0.2, 0) is 5.54 Å². The summed E-state index contributed by atoms with van der Waals surface area (Å²) in [7, 11) is 0. The monoisotopic (exact) mass is 275 g/mol. The lowest BCUT2D eigenvalue weighted by Gasteiger charge is -2.18. The van der Waals surface area contributed by atoms with E-state index >= 15 is 0 Å². The Kier molecular flexibility index (Phi) is 3.61. The van der Waals surface area contributed by atoms with Crippen LogP contribution in [0.3, 0.4) is 0 Å². The minimum Gasteiger partial charge on any atom is -0.305 e. The third-order valence-electron chi connectivity index (χ3n) is 2.96. The maximum Gasteiger partial charge on any atom is 0.257 e. The fourth-order valence-electron chi connectivity index (χ4n) is 1.79. The highest BCUT2D eigenvalue weighted by Crippen LogP contribution is 2.16. The highest BCUT2D eigenvalue weighted by atomic mass is 19.1. The molecule has 1 heterocycles. The molecule has 0 aliphatic rings. The van der Waals surface area contributed by atoms with Crippen molar-refractivity contribution in [2.75, 3.05) is 5.32 Å². The van der Waals surface area contributed by atoms with Gasteiger partial charge in [-0.2, -0.15) is 5.10 Å². The summed E-state index contributed by atoms with van der Waals surface area (Å²) in [5.41, 5.74) is 0.882. The average Bonchev–Trinajstić information content (AvgIpc) is 2.80. The smallest absolute Gasteiger partial charge is 0.257 e. The molecule has 2 aromatic rings. The van der Waals surface area contributed by atoms with Crippen LogP contribution < -0.4 is 5.32 Å². The number of amides is 1. The number of nitrogens with zero attached hydrogens (tertiary/aromatic N) is 2. The zero-order chi connectivity index (χ0) is 14.9. The summed E-state index contributed by atoms with van der Waals surface area (Å²) in [5, 5.41) is 6.97. The van der Waals surface area contributed by atoms with Crippen molar-refractivity contribution in [3.8, 4) is 0 Å². The molecule has 20 heavy (non-hydrogen) atoms. The summed E-state index contributed by atoms with van der Waals surface area (Å²) < 4.78 is 15.0. The van der Waals surface area contributed by atoms with E-state index in [1.807, 2.05) is 20.8 Å². The highest BCUT2D eigenvalue weighted by molar-refractivity contribution is 6.04. The number of carbonyl (C=O) groups excluding carboxylic acids is 1. The van der Waals surface area contributed by atoms with Crippen LogP contribution in [0.4, 0.5) is 10.2 Å². The van der Waals surface area contributed by atoms with E-state index in [0.29, 0.717) is 11.4 Å². The van der Waals surface area contributed by atoms with Crippen LogP contribution in [0, 0.1) is 12.7 Å². The molecule has 106 valence electrons. The lowest BCUT2D eigenvalue weighted by atomic mass is 10.1. The molecule has 0 saturated heterocycles. The maximum atomic E-state index is 13.2. The Morgan fingerprint density at radius 1 is 1.30 bits per heavy atom. The minimum atomic E-state index is -0.430. The third-order valence-corrected chi connectivity index (χ3v) is 2.96. The van der Waals surface area contributed by atoms with E-state index in [1.54, 1.807) is 29.9 Å². The van der Waals surface area contributed by atoms with Crippen LogP contribution >= 0.6 is 0 Å². The summed E-state index contributed by atoms with van der Waals surface area (Å²) >= 11 is 0. The molecule has 5 heteroatoms. The summed E-state index contributed by atoms with van der Waals surface area (Å²) in [5.74, 6) is -0.337. The second-order valence-corrected chi connectivity index (χ2v) is 5.73. The Labute approximate surface area is 117 Å². The van der Waals surface area contributed by atoms with Gasteiger partial charge in [-0.25, -0.2) is 4.39 Å². The molecule has 1 aromatic carbocycles. The Balaban J connectivity index is 2.20. The predicted octanol–water partition coefficient (Wildman–Crippen LogP) is 3.34.